The van der Waals surface area contributed by atoms with Crippen LogP contribution in [-0.2, 0) is 14.2 Å². The zero-order chi connectivity index (χ0) is 15.6. The van der Waals surface area contributed by atoms with Crippen molar-refractivity contribution in [3.05, 3.63) is 0 Å². The minimum atomic E-state index is -3.06. The summed E-state index contributed by atoms with van der Waals surface area (Å²) < 4.78 is 12.8. The van der Waals surface area contributed by atoms with Crippen LogP contribution in [0, 0.1) is 22.7 Å². The number of hydrogen-bond donors (Lipinski definition) is 2. The van der Waals surface area contributed by atoms with Gasteiger partial charge in [-0.3, -0.25) is 9.59 Å². The molecule has 2 N–H and O–H groups in total. The van der Waals surface area contributed by atoms with E-state index in [1.807, 2.05) is 12.1 Å². The monoisotopic (exact) mass is 300 g/mol. The molecule has 0 saturated heterocycles. The summed E-state index contributed by atoms with van der Waals surface area (Å²) in [6, 6.07) is 3.71. The summed E-state index contributed by atoms with van der Waals surface area (Å²) in [7, 11) is -3.06. The molecule has 0 aliphatic heterocycles. The van der Waals surface area contributed by atoms with Gasteiger partial charge in [0.25, 0.3) is 0 Å². The molecule has 0 aromatic rings. The van der Waals surface area contributed by atoms with Gasteiger partial charge in [0.05, 0.1) is 25.7 Å². The SMILES string of the molecule is N#CCCP(=O)(CCC#N)C(CCC(=O)O)CC(=O)O. The summed E-state index contributed by atoms with van der Waals surface area (Å²) in [5.41, 5.74) is -0.794. The van der Waals surface area contributed by atoms with Crippen molar-refractivity contribution in [1.29, 1.82) is 10.5 Å². The minimum absolute atomic E-state index is 0.00585. The van der Waals surface area contributed by atoms with Crippen molar-refractivity contribution in [3.63, 3.8) is 0 Å². The number of carbonyl (C=O) groups is 2. The fraction of sp³-hybridized carbons (Fsp3) is 0.667. The minimum Gasteiger partial charge on any atom is -0.481 e. The highest BCUT2D eigenvalue weighted by Crippen LogP contribution is 2.54. The molecule has 8 heteroatoms. The number of hydrogen-bond acceptors (Lipinski definition) is 5. The second-order valence-corrected chi connectivity index (χ2v) is 7.93. The number of nitriles is 2. The molecule has 0 aliphatic rings. The standard InChI is InChI=1S/C12H17N2O5P/c13-5-1-7-20(19,8-2-6-14)10(9-12(17)18)3-4-11(15)16/h10H,1-4,7-9H2,(H,15,16)(H,17,18). The maximum Gasteiger partial charge on any atom is 0.304 e. The van der Waals surface area contributed by atoms with E-state index in [9.17, 15) is 14.2 Å². The highest BCUT2D eigenvalue weighted by Gasteiger charge is 2.34. The lowest BCUT2D eigenvalue weighted by atomic mass is 10.2. The van der Waals surface area contributed by atoms with Gasteiger partial charge in [-0.2, -0.15) is 10.5 Å². The van der Waals surface area contributed by atoms with Gasteiger partial charge in [-0.25, -0.2) is 0 Å². The fourth-order valence-electron chi connectivity index (χ4n) is 1.95. The van der Waals surface area contributed by atoms with E-state index in [1.165, 1.54) is 0 Å². The van der Waals surface area contributed by atoms with E-state index in [4.69, 9.17) is 20.7 Å². The van der Waals surface area contributed by atoms with Crippen molar-refractivity contribution >= 4 is 19.1 Å². The Morgan fingerprint density at radius 3 is 1.90 bits per heavy atom. The van der Waals surface area contributed by atoms with Crippen molar-refractivity contribution < 1.29 is 24.4 Å². The molecule has 1 unspecified atom stereocenters. The molecule has 0 aliphatic carbocycles. The van der Waals surface area contributed by atoms with Gasteiger partial charge in [-0.1, -0.05) is 0 Å². The van der Waals surface area contributed by atoms with Crippen LogP contribution in [-0.4, -0.2) is 40.1 Å². The van der Waals surface area contributed by atoms with E-state index in [2.05, 4.69) is 0 Å². The number of carboxylic acids is 2. The Hall–Kier alpha value is -1.85. The Labute approximate surface area is 117 Å². The third-order valence-corrected chi connectivity index (χ3v) is 6.70. The molecule has 7 nitrogen and oxygen atoms in total. The van der Waals surface area contributed by atoms with Gasteiger partial charge < -0.3 is 14.8 Å². The molecule has 0 aromatic heterocycles. The van der Waals surface area contributed by atoms with E-state index >= 15 is 0 Å². The Bertz CT molecular complexity index is 455. The van der Waals surface area contributed by atoms with Crippen LogP contribution in [0.5, 0.6) is 0 Å². The number of rotatable bonds is 10. The van der Waals surface area contributed by atoms with E-state index in [0.717, 1.165) is 0 Å². The molecule has 0 spiro atoms. The van der Waals surface area contributed by atoms with Crippen molar-refractivity contribution in [3.8, 4) is 12.1 Å². The molecule has 110 valence electrons. The lowest BCUT2D eigenvalue weighted by Crippen LogP contribution is -2.19. The lowest BCUT2D eigenvalue weighted by Gasteiger charge is -2.25. The average Bonchev–Trinajstić information content (AvgIpc) is 2.38. The summed E-state index contributed by atoms with van der Waals surface area (Å²) in [6.45, 7) is 0. The van der Waals surface area contributed by atoms with Crippen LogP contribution >= 0.6 is 7.14 Å². The van der Waals surface area contributed by atoms with Crippen LogP contribution in [0.25, 0.3) is 0 Å². The predicted octanol–water partition coefficient (Wildman–Crippen LogP) is 1.88. The zero-order valence-electron chi connectivity index (χ0n) is 11.0. The molecular weight excluding hydrogens is 283 g/mol. The van der Waals surface area contributed by atoms with Crippen LogP contribution in [0.15, 0.2) is 0 Å². The quantitative estimate of drug-likeness (QED) is 0.587. The summed E-state index contributed by atoms with van der Waals surface area (Å²) in [6.07, 6.45) is -0.623. The molecule has 0 aromatic carbocycles. The molecule has 0 saturated carbocycles. The fourth-order valence-corrected chi connectivity index (χ4v) is 4.95. The molecule has 0 amide bonds. The molecule has 0 bridgehead atoms. The largest absolute Gasteiger partial charge is 0.481 e. The second kappa shape index (κ2) is 9.12. The first kappa shape index (κ1) is 18.1. The summed E-state index contributed by atoms with van der Waals surface area (Å²) >= 11 is 0. The van der Waals surface area contributed by atoms with Crippen molar-refractivity contribution in [2.75, 3.05) is 12.3 Å². The molecule has 1 atom stereocenters. The van der Waals surface area contributed by atoms with E-state index < -0.39 is 31.2 Å². The maximum atomic E-state index is 12.8. The number of aliphatic carboxylic acids is 2. The van der Waals surface area contributed by atoms with Crippen LogP contribution in [0.1, 0.15) is 32.1 Å². The Kier molecular flexibility index (Phi) is 8.27. The van der Waals surface area contributed by atoms with E-state index in [1.54, 1.807) is 0 Å². The number of nitrogens with zero attached hydrogens (tertiary/aromatic N) is 2. The Morgan fingerprint density at radius 1 is 1.05 bits per heavy atom. The maximum absolute atomic E-state index is 12.8. The smallest absolute Gasteiger partial charge is 0.304 e. The van der Waals surface area contributed by atoms with Gasteiger partial charge in [-0.15, -0.1) is 0 Å². The molecule has 0 fully saturated rings. The highest BCUT2D eigenvalue weighted by atomic mass is 31.2. The van der Waals surface area contributed by atoms with Crippen LogP contribution in [0.2, 0.25) is 0 Å². The Morgan fingerprint density at radius 2 is 1.55 bits per heavy atom. The first-order valence-corrected chi connectivity index (χ1v) is 8.25. The van der Waals surface area contributed by atoms with Gasteiger partial charge in [0.1, 0.15) is 0 Å². The van der Waals surface area contributed by atoms with Gasteiger partial charge in [0.2, 0.25) is 0 Å². The van der Waals surface area contributed by atoms with Gasteiger partial charge in [0.15, 0.2) is 0 Å². The highest BCUT2D eigenvalue weighted by molar-refractivity contribution is 7.64. The predicted molar refractivity (Wildman–Crippen MR) is 70.7 cm³/mol. The molecule has 0 rings (SSSR count). The lowest BCUT2D eigenvalue weighted by molar-refractivity contribution is -0.139. The van der Waals surface area contributed by atoms with Gasteiger partial charge >= 0.3 is 11.9 Å². The topological polar surface area (TPSA) is 139 Å². The van der Waals surface area contributed by atoms with Crippen molar-refractivity contribution in [1.82, 2.24) is 0 Å². The van der Waals surface area contributed by atoms with Gasteiger partial charge in [-0.05, 0) is 6.42 Å². The summed E-state index contributed by atoms with van der Waals surface area (Å²) in [5.74, 6) is -2.25. The molecule has 20 heavy (non-hydrogen) atoms. The number of carboxylic acid groups (broad SMARTS) is 2. The second-order valence-electron chi connectivity index (χ2n) is 4.40. The van der Waals surface area contributed by atoms with Crippen molar-refractivity contribution in [2.45, 2.75) is 37.8 Å². The van der Waals surface area contributed by atoms with Crippen LogP contribution in [0.3, 0.4) is 0 Å². The average molecular weight is 300 g/mol. The van der Waals surface area contributed by atoms with E-state index in [-0.39, 0.29) is 38.0 Å². The van der Waals surface area contributed by atoms with E-state index in [0.29, 0.717) is 0 Å². The molecule has 0 heterocycles. The summed E-state index contributed by atoms with van der Waals surface area (Å²) in [5, 5.41) is 34.7. The third-order valence-electron chi connectivity index (χ3n) is 2.97. The molecule has 0 radical (unpaired) electrons. The zero-order valence-corrected chi connectivity index (χ0v) is 11.9. The third kappa shape index (κ3) is 6.92. The van der Waals surface area contributed by atoms with Crippen molar-refractivity contribution in [2.24, 2.45) is 0 Å². The van der Waals surface area contributed by atoms with Crippen LogP contribution < -0.4 is 0 Å². The Balaban J connectivity index is 5.10. The first-order chi connectivity index (χ1) is 9.35. The van der Waals surface area contributed by atoms with Crippen LogP contribution in [0.4, 0.5) is 0 Å². The normalized spacial score (nSPS) is 12.1. The van der Waals surface area contributed by atoms with Gasteiger partial charge in [0, 0.05) is 37.2 Å². The molecular formula is C12H17N2O5P. The summed E-state index contributed by atoms with van der Waals surface area (Å²) in [4.78, 5) is 21.5. The first-order valence-electron chi connectivity index (χ1n) is 6.11.